The van der Waals surface area contributed by atoms with Gasteiger partial charge < -0.3 is 9.47 Å². The molecule has 6 rings (SSSR count). The second-order valence-corrected chi connectivity index (χ2v) is 10.9. The van der Waals surface area contributed by atoms with Gasteiger partial charge in [-0.3, -0.25) is 4.79 Å². The minimum Gasteiger partial charge on any atom is -0.428 e. The average molecular weight is 667 g/mol. The molecule has 0 amide bonds. The van der Waals surface area contributed by atoms with E-state index in [-0.39, 0.29) is 17.3 Å². The SMILES string of the molecule is O=C(C=CC=Cc1ccccc1)c1ccc2c(c1)C(c1ccc(OC(F)=C(F)F)cc1)(c1ccc(OC(F)=C(F)F)cc1)c1ccccc1-2. The van der Waals surface area contributed by atoms with E-state index in [1.54, 1.807) is 48.6 Å². The van der Waals surface area contributed by atoms with Crippen LogP contribution >= 0.6 is 0 Å². The minimum atomic E-state index is -2.61. The summed E-state index contributed by atoms with van der Waals surface area (Å²) < 4.78 is 87.6. The number of ether oxygens (including phenoxy) is 2. The van der Waals surface area contributed by atoms with Crippen molar-refractivity contribution in [2.75, 3.05) is 0 Å². The monoisotopic (exact) mass is 666 g/mol. The van der Waals surface area contributed by atoms with Crippen LogP contribution in [0.3, 0.4) is 0 Å². The van der Waals surface area contributed by atoms with Gasteiger partial charge in [0.1, 0.15) is 11.5 Å². The lowest BCUT2D eigenvalue weighted by atomic mass is 9.67. The number of carbonyl (C=O) groups is 1. The van der Waals surface area contributed by atoms with Gasteiger partial charge >= 0.3 is 24.2 Å². The summed E-state index contributed by atoms with van der Waals surface area (Å²) in [6.07, 6.45) is 1.49. The fraction of sp³-hybridized carbons (Fsp3) is 0.0250. The Kier molecular flexibility index (Phi) is 9.35. The van der Waals surface area contributed by atoms with Crippen LogP contribution in [0, 0.1) is 0 Å². The Bertz CT molecular complexity index is 2060. The molecule has 0 spiro atoms. The second kappa shape index (κ2) is 13.9. The summed E-state index contributed by atoms with van der Waals surface area (Å²) >= 11 is 0. The molecule has 0 bridgehead atoms. The van der Waals surface area contributed by atoms with Gasteiger partial charge in [-0.15, -0.1) is 0 Å². The first-order valence-electron chi connectivity index (χ1n) is 14.9. The Morgan fingerprint density at radius 1 is 0.551 bits per heavy atom. The lowest BCUT2D eigenvalue weighted by Crippen LogP contribution is -2.28. The van der Waals surface area contributed by atoms with Crippen molar-refractivity contribution >= 4 is 11.9 Å². The molecular formula is C40H24F6O3. The van der Waals surface area contributed by atoms with Crippen LogP contribution in [-0.2, 0) is 5.41 Å². The Morgan fingerprint density at radius 2 is 1.08 bits per heavy atom. The first-order valence-corrected chi connectivity index (χ1v) is 14.9. The summed E-state index contributed by atoms with van der Waals surface area (Å²) in [5.41, 5.74) is 4.41. The summed E-state index contributed by atoms with van der Waals surface area (Å²) in [4.78, 5) is 13.5. The van der Waals surface area contributed by atoms with E-state index in [1.807, 2.05) is 66.7 Å². The highest BCUT2D eigenvalue weighted by Crippen LogP contribution is 2.56. The van der Waals surface area contributed by atoms with Gasteiger partial charge in [0.05, 0.1) is 5.41 Å². The van der Waals surface area contributed by atoms with E-state index >= 15 is 0 Å². The van der Waals surface area contributed by atoms with Gasteiger partial charge in [-0.2, -0.15) is 26.3 Å². The first kappa shape index (κ1) is 32.8. The molecule has 0 radical (unpaired) electrons. The van der Waals surface area contributed by atoms with Crippen molar-refractivity contribution in [2.24, 2.45) is 0 Å². The van der Waals surface area contributed by atoms with Crippen LogP contribution in [0.5, 0.6) is 11.5 Å². The van der Waals surface area contributed by atoms with Gasteiger partial charge in [-0.25, -0.2) is 0 Å². The van der Waals surface area contributed by atoms with Gasteiger partial charge in [-0.1, -0.05) is 109 Å². The molecule has 3 nitrogen and oxygen atoms in total. The van der Waals surface area contributed by atoms with E-state index in [1.165, 1.54) is 30.3 Å². The zero-order valence-corrected chi connectivity index (χ0v) is 25.3. The number of rotatable bonds is 10. The third-order valence-corrected chi connectivity index (χ3v) is 8.06. The maximum atomic E-state index is 13.6. The number of hydrogen-bond acceptors (Lipinski definition) is 3. The number of benzene rings is 5. The molecule has 5 aromatic rings. The number of allylic oxidation sites excluding steroid dienone is 3. The Hall–Kier alpha value is -6.09. The fourth-order valence-corrected chi connectivity index (χ4v) is 6.02. The smallest absolute Gasteiger partial charge is 0.344 e. The van der Waals surface area contributed by atoms with Crippen LogP contribution in [0.4, 0.5) is 26.3 Å². The standard InChI is InChI=1S/C40H24F6O3/c41-36(42)38(45)48-29-19-15-27(16-20-29)40(28-17-21-30(22-18-28)49-39(46)37(43)44)33-12-6-5-11-31(33)32-23-14-26(24-34(32)40)35(47)13-7-4-10-25-8-2-1-3-9-25/h1-24H. The van der Waals surface area contributed by atoms with E-state index in [0.717, 1.165) is 22.3 Å². The third-order valence-electron chi connectivity index (χ3n) is 8.06. The van der Waals surface area contributed by atoms with Gasteiger partial charge in [0.25, 0.3) is 0 Å². The van der Waals surface area contributed by atoms with Crippen molar-refractivity contribution in [1.29, 1.82) is 0 Å². The van der Waals surface area contributed by atoms with Crippen molar-refractivity contribution < 1.29 is 40.6 Å². The zero-order chi connectivity index (χ0) is 34.5. The lowest BCUT2D eigenvalue weighted by Gasteiger charge is -2.34. The summed E-state index contributed by atoms with van der Waals surface area (Å²) in [5.74, 6) is -0.649. The number of fused-ring (bicyclic) bond motifs is 3. The molecule has 0 aliphatic heterocycles. The van der Waals surface area contributed by atoms with Crippen molar-refractivity contribution in [3.63, 3.8) is 0 Å². The molecule has 49 heavy (non-hydrogen) atoms. The highest BCUT2D eigenvalue weighted by atomic mass is 19.3. The molecule has 9 heteroatoms. The van der Waals surface area contributed by atoms with E-state index in [0.29, 0.717) is 22.3 Å². The molecule has 0 heterocycles. The van der Waals surface area contributed by atoms with Crippen LogP contribution < -0.4 is 9.47 Å². The van der Waals surface area contributed by atoms with Crippen LogP contribution in [0.1, 0.15) is 38.2 Å². The van der Waals surface area contributed by atoms with Crippen LogP contribution in [-0.4, -0.2) is 5.78 Å². The van der Waals surface area contributed by atoms with E-state index in [2.05, 4.69) is 9.47 Å². The number of hydrogen-bond donors (Lipinski definition) is 0. The minimum absolute atomic E-state index is 0.187. The second-order valence-electron chi connectivity index (χ2n) is 10.9. The largest absolute Gasteiger partial charge is 0.428 e. The molecule has 244 valence electrons. The van der Waals surface area contributed by atoms with E-state index in [9.17, 15) is 31.1 Å². The van der Waals surface area contributed by atoms with Crippen LogP contribution in [0.25, 0.3) is 17.2 Å². The van der Waals surface area contributed by atoms with Gasteiger partial charge in [0.2, 0.25) is 0 Å². The normalized spacial score (nSPS) is 12.8. The summed E-state index contributed by atoms with van der Waals surface area (Å²) in [6.45, 7) is 0. The molecule has 0 fully saturated rings. The topological polar surface area (TPSA) is 35.5 Å². The highest BCUT2D eigenvalue weighted by molar-refractivity contribution is 6.06. The Balaban J connectivity index is 1.49. The van der Waals surface area contributed by atoms with E-state index in [4.69, 9.17) is 0 Å². The summed E-state index contributed by atoms with van der Waals surface area (Å²) in [6, 6.07) is 30.0. The summed E-state index contributed by atoms with van der Waals surface area (Å²) in [7, 11) is 0. The maximum Gasteiger partial charge on any atom is 0.344 e. The summed E-state index contributed by atoms with van der Waals surface area (Å²) in [5, 5.41) is 0. The number of halogens is 6. The molecule has 5 aromatic carbocycles. The van der Waals surface area contributed by atoms with Gasteiger partial charge in [0, 0.05) is 5.56 Å². The van der Waals surface area contributed by atoms with Gasteiger partial charge in [-0.05, 0) is 75.4 Å². The molecule has 0 saturated heterocycles. The average Bonchev–Trinajstić information content (AvgIpc) is 3.41. The molecular weight excluding hydrogens is 642 g/mol. The molecule has 0 saturated carbocycles. The molecule has 0 unspecified atom stereocenters. The Morgan fingerprint density at radius 3 is 1.65 bits per heavy atom. The quantitative estimate of drug-likeness (QED) is 0.0480. The molecule has 1 aliphatic carbocycles. The number of carbonyl (C=O) groups excluding carboxylic acids is 1. The molecule has 1 aliphatic rings. The highest BCUT2D eigenvalue weighted by Gasteiger charge is 2.46. The van der Waals surface area contributed by atoms with Gasteiger partial charge in [0.15, 0.2) is 5.78 Å². The van der Waals surface area contributed by atoms with Crippen molar-refractivity contribution in [3.05, 3.63) is 197 Å². The van der Waals surface area contributed by atoms with Crippen molar-refractivity contribution in [3.8, 4) is 22.6 Å². The molecule has 0 N–H and O–H groups in total. The number of ketones is 1. The predicted molar refractivity (Wildman–Crippen MR) is 175 cm³/mol. The molecule has 0 atom stereocenters. The van der Waals surface area contributed by atoms with Crippen molar-refractivity contribution in [1.82, 2.24) is 0 Å². The Labute approximate surface area is 277 Å². The third kappa shape index (κ3) is 6.56. The fourth-order valence-electron chi connectivity index (χ4n) is 6.02. The van der Waals surface area contributed by atoms with Crippen molar-refractivity contribution in [2.45, 2.75) is 5.41 Å². The van der Waals surface area contributed by atoms with Crippen LogP contribution in [0.2, 0.25) is 0 Å². The predicted octanol–water partition coefficient (Wildman–Crippen LogP) is 11.3. The molecule has 0 aromatic heterocycles. The van der Waals surface area contributed by atoms with Crippen LogP contribution in [0.15, 0.2) is 164 Å². The van der Waals surface area contributed by atoms with E-state index < -0.39 is 29.6 Å². The maximum absolute atomic E-state index is 13.6. The first-order chi connectivity index (χ1) is 23.7. The zero-order valence-electron chi connectivity index (χ0n) is 25.3. The lowest BCUT2D eigenvalue weighted by molar-refractivity contribution is 0.104.